The highest BCUT2D eigenvalue weighted by atomic mass is 16.1. The molecule has 1 fully saturated rings. The molecule has 0 atom stereocenters. The Kier molecular flexibility index (Phi) is 5.81. The second kappa shape index (κ2) is 7.82. The molecule has 2 rings (SSSR count). The Morgan fingerprint density at radius 3 is 2.45 bits per heavy atom. The van der Waals surface area contributed by atoms with E-state index < -0.39 is 0 Å². The summed E-state index contributed by atoms with van der Waals surface area (Å²) in [4.78, 5) is 15.9. The van der Waals surface area contributed by atoms with Crippen LogP contribution in [0.4, 0.5) is 5.69 Å². The van der Waals surface area contributed by atoms with Crippen LogP contribution in [-0.4, -0.2) is 25.5 Å². The summed E-state index contributed by atoms with van der Waals surface area (Å²) in [5.74, 6) is 1.68. The van der Waals surface area contributed by atoms with Gasteiger partial charge in [-0.05, 0) is 36.5 Å². The van der Waals surface area contributed by atoms with Crippen LogP contribution in [0.2, 0.25) is 0 Å². The third-order valence-corrected chi connectivity index (χ3v) is 3.68. The van der Waals surface area contributed by atoms with Gasteiger partial charge < -0.3 is 16.0 Å². The second-order valence-electron chi connectivity index (χ2n) is 6.09. The van der Waals surface area contributed by atoms with Gasteiger partial charge >= 0.3 is 0 Å². The van der Waals surface area contributed by atoms with E-state index in [9.17, 15) is 4.79 Å². The fraction of sp³-hybridized carbons (Fsp3) is 0.529. The van der Waals surface area contributed by atoms with Gasteiger partial charge in [-0.15, -0.1) is 0 Å². The number of nitrogens with zero attached hydrogens (tertiary/aromatic N) is 1. The molecule has 0 heterocycles. The Morgan fingerprint density at radius 1 is 1.23 bits per heavy atom. The first kappa shape index (κ1) is 16.3. The molecule has 0 unspecified atom stereocenters. The van der Waals surface area contributed by atoms with Crippen LogP contribution in [0.1, 0.15) is 32.3 Å². The van der Waals surface area contributed by atoms with Gasteiger partial charge in [0.05, 0.1) is 0 Å². The first-order valence-electron chi connectivity index (χ1n) is 7.93. The van der Waals surface area contributed by atoms with E-state index in [1.807, 2.05) is 38.1 Å². The van der Waals surface area contributed by atoms with E-state index in [2.05, 4.69) is 20.9 Å². The van der Waals surface area contributed by atoms with E-state index >= 15 is 0 Å². The van der Waals surface area contributed by atoms with Crippen molar-refractivity contribution in [3.05, 3.63) is 29.8 Å². The maximum absolute atomic E-state index is 11.6. The summed E-state index contributed by atoms with van der Waals surface area (Å²) < 4.78 is 0. The van der Waals surface area contributed by atoms with Gasteiger partial charge in [-0.3, -0.25) is 9.79 Å². The lowest BCUT2D eigenvalue weighted by molar-refractivity contribution is -0.118. The number of carbonyl (C=O) groups is 1. The van der Waals surface area contributed by atoms with Crippen LogP contribution in [0.15, 0.2) is 29.3 Å². The molecule has 0 bridgehead atoms. The molecule has 0 aromatic heterocycles. The van der Waals surface area contributed by atoms with Crippen molar-refractivity contribution in [3.8, 4) is 0 Å². The van der Waals surface area contributed by atoms with E-state index in [0.717, 1.165) is 29.7 Å². The van der Waals surface area contributed by atoms with Crippen LogP contribution < -0.4 is 16.0 Å². The topological polar surface area (TPSA) is 65.5 Å². The van der Waals surface area contributed by atoms with Gasteiger partial charge in [-0.25, -0.2) is 0 Å². The van der Waals surface area contributed by atoms with Crippen molar-refractivity contribution >= 4 is 17.6 Å². The minimum Gasteiger partial charge on any atom is -0.356 e. The highest BCUT2D eigenvalue weighted by Gasteiger charge is 2.20. The Balaban J connectivity index is 1.78. The summed E-state index contributed by atoms with van der Waals surface area (Å²) in [5, 5.41) is 9.52. The lowest BCUT2D eigenvalue weighted by Gasteiger charge is -2.12. The molecule has 5 nitrogen and oxygen atoms in total. The third-order valence-electron chi connectivity index (χ3n) is 3.68. The highest BCUT2D eigenvalue weighted by Crippen LogP contribution is 2.27. The fourth-order valence-electron chi connectivity index (χ4n) is 1.96. The van der Waals surface area contributed by atoms with Gasteiger partial charge in [0.2, 0.25) is 5.91 Å². The number of nitrogens with one attached hydrogen (secondary N) is 3. The quantitative estimate of drug-likeness (QED) is 0.558. The van der Waals surface area contributed by atoms with Crippen molar-refractivity contribution in [2.45, 2.75) is 33.2 Å². The lowest BCUT2D eigenvalue weighted by atomic mass is 10.1. The predicted octanol–water partition coefficient (Wildman–Crippen LogP) is 2.36. The highest BCUT2D eigenvalue weighted by molar-refractivity contribution is 5.92. The number of hydrogen-bond donors (Lipinski definition) is 3. The minimum atomic E-state index is -0.0118. The maximum atomic E-state index is 11.6. The van der Waals surface area contributed by atoms with Gasteiger partial charge in [0.15, 0.2) is 5.96 Å². The number of benzene rings is 1. The zero-order valence-corrected chi connectivity index (χ0v) is 13.6. The molecule has 1 aliphatic carbocycles. The van der Waals surface area contributed by atoms with Gasteiger partial charge in [0, 0.05) is 31.7 Å². The summed E-state index contributed by atoms with van der Waals surface area (Å²) in [7, 11) is 1.78. The Bertz CT molecular complexity index is 518. The molecule has 0 saturated heterocycles. The first-order valence-corrected chi connectivity index (χ1v) is 7.93. The molecule has 5 heteroatoms. The van der Waals surface area contributed by atoms with Crippen molar-refractivity contribution in [2.24, 2.45) is 16.8 Å². The van der Waals surface area contributed by atoms with E-state index in [-0.39, 0.29) is 11.8 Å². The summed E-state index contributed by atoms with van der Waals surface area (Å²) in [6.45, 7) is 5.48. The number of guanidine groups is 1. The van der Waals surface area contributed by atoms with Crippen LogP contribution in [0.3, 0.4) is 0 Å². The molecule has 3 N–H and O–H groups in total. The van der Waals surface area contributed by atoms with Crippen molar-refractivity contribution in [2.75, 3.05) is 18.9 Å². The van der Waals surface area contributed by atoms with E-state index in [0.29, 0.717) is 6.54 Å². The minimum absolute atomic E-state index is 0.0118. The molecule has 1 aliphatic rings. The standard InChI is InChI=1S/C17H26N4O/c1-12(2)16(22)21-15-8-6-14(7-9-15)11-20-17(18-3)19-10-13-4-5-13/h6-9,12-13H,4-5,10-11H2,1-3H3,(H,21,22)(H2,18,19,20). The normalized spacial score (nSPS) is 14.8. The average Bonchev–Trinajstić information content (AvgIpc) is 3.33. The molecular weight excluding hydrogens is 276 g/mol. The SMILES string of the molecule is CN=C(NCc1ccc(NC(=O)C(C)C)cc1)NCC1CC1. The Hall–Kier alpha value is -2.04. The second-order valence-corrected chi connectivity index (χ2v) is 6.09. The van der Waals surface area contributed by atoms with Crippen LogP contribution >= 0.6 is 0 Å². The molecule has 0 spiro atoms. The molecule has 1 saturated carbocycles. The molecule has 0 aliphatic heterocycles. The number of carbonyl (C=O) groups excluding carboxylic acids is 1. The smallest absolute Gasteiger partial charge is 0.226 e. The number of rotatable bonds is 6. The van der Waals surface area contributed by atoms with Crippen molar-refractivity contribution < 1.29 is 4.79 Å². The van der Waals surface area contributed by atoms with Crippen molar-refractivity contribution in [3.63, 3.8) is 0 Å². The molecule has 120 valence electrons. The molecular formula is C17H26N4O. The zero-order chi connectivity index (χ0) is 15.9. The third kappa shape index (κ3) is 5.39. The first-order chi connectivity index (χ1) is 10.6. The molecule has 1 aromatic rings. The summed E-state index contributed by atoms with van der Waals surface area (Å²) in [5.41, 5.74) is 1.98. The fourth-order valence-corrected chi connectivity index (χ4v) is 1.96. The monoisotopic (exact) mass is 302 g/mol. The van der Waals surface area contributed by atoms with E-state index in [1.165, 1.54) is 12.8 Å². The van der Waals surface area contributed by atoms with E-state index in [4.69, 9.17) is 0 Å². The average molecular weight is 302 g/mol. The van der Waals surface area contributed by atoms with Gasteiger partial charge in [0.1, 0.15) is 0 Å². The zero-order valence-electron chi connectivity index (χ0n) is 13.6. The summed E-state index contributed by atoms with van der Waals surface area (Å²) >= 11 is 0. The number of hydrogen-bond acceptors (Lipinski definition) is 2. The number of anilines is 1. The molecule has 1 aromatic carbocycles. The molecule has 22 heavy (non-hydrogen) atoms. The molecule has 1 amide bonds. The van der Waals surface area contributed by atoms with Gasteiger partial charge in [-0.1, -0.05) is 26.0 Å². The van der Waals surface area contributed by atoms with Crippen molar-refractivity contribution in [1.82, 2.24) is 10.6 Å². The predicted molar refractivity (Wildman–Crippen MR) is 90.8 cm³/mol. The van der Waals surface area contributed by atoms with Gasteiger partial charge in [0.25, 0.3) is 0 Å². The Labute approximate surface area is 132 Å². The van der Waals surface area contributed by atoms with Crippen LogP contribution in [0.25, 0.3) is 0 Å². The lowest BCUT2D eigenvalue weighted by Crippen LogP contribution is -2.37. The van der Waals surface area contributed by atoms with E-state index in [1.54, 1.807) is 7.05 Å². The molecule has 0 radical (unpaired) electrons. The summed E-state index contributed by atoms with van der Waals surface area (Å²) in [6.07, 6.45) is 2.65. The van der Waals surface area contributed by atoms with Crippen LogP contribution in [0, 0.1) is 11.8 Å². The van der Waals surface area contributed by atoms with Crippen LogP contribution in [-0.2, 0) is 11.3 Å². The van der Waals surface area contributed by atoms with Gasteiger partial charge in [-0.2, -0.15) is 0 Å². The maximum Gasteiger partial charge on any atom is 0.226 e. The van der Waals surface area contributed by atoms with Crippen molar-refractivity contribution in [1.29, 1.82) is 0 Å². The summed E-state index contributed by atoms with van der Waals surface area (Å²) in [6, 6.07) is 7.88. The Morgan fingerprint density at radius 2 is 1.91 bits per heavy atom. The number of amides is 1. The largest absolute Gasteiger partial charge is 0.356 e. The van der Waals surface area contributed by atoms with Crippen LogP contribution in [0.5, 0.6) is 0 Å². The number of aliphatic imine (C=N–C) groups is 1.